The average molecular weight is 139 g/mol. The first kappa shape index (κ1) is 5.28. The van der Waals surface area contributed by atoms with Crippen molar-refractivity contribution in [1.29, 1.82) is 0 Å². The molecule has 2 heterocycles. The Kier molecular flexibility index (Phi) is 0.791. The van der Waals surface area contributed by atoms with Crippen LogP contribution in [-0.2, 0) is 9.53 Å². The summed E-state index contributed by atoms with van der Waals surface area (Å²) >= 11 is 0. The maximum atomic E-state index is 10.8. The van der Waals surface area contributed by atoms with Gasteiger partial charge in [-0.2, -0.15) is 5.01 Å². The van der Waals surface area contributed by atoms with Gasteiger partial charge in [0.1, 0.15) is 0 Å². The molecule has 0 radical (unpaired) electrons. The smallest absolute Gasteiger partial charge is 0.311 e. The van der Waals surface area contributed by atoms with Crippen molar-refractivity contribution in [2.45, 2.75) is 6.42 Å². The van der Waals surface area contributed by atoms with Gasteiger partial charge in [-0.15, -0.1) is 5.10 Å². The van der Waals surface area contributed by atoms with E-state index in [2.05, 4.69) is 5.10 Å². The third-order valence-electron chi connectivity index (χ3n) is 1.30. The first-order chi connectivity index (χ1) is 4.77. The number of fused-ring (bicyclic) bond motifs is 1. The Hall–Kier alpha value is -1.52. The van der Waals surface area contributed by atoms with Crippen LogP contribution in [0.25, 0.3) is 0 Å². The highest BCUT2D eigenvalue weighted by molar-refractivity contribution is 5.87. The molecule has 10 heavy (non-hydrogen) atoms. The Morgan fingerprint density at radius 1 is 1.80 bits per heavy atom. The van der Waals surface area contributed by atoms with Crippen LogP contribution in [0.3, 0.4) is 0 Å². The van der Waals surface area contributed by atoms with E-state index in [1.165, 1.54) is 0 Å². The van der Waals surface area contributed by atoms with Gasteiger partial charge >= 0.3 is 6.02 Å². The molecule has 2 N–H and O–H groups in total. The third kappa shape index (κ3) is 0.513. The van der Waals surface area contributed by atoms with Crippen molar-refractivity contribution in [2.24, 2.45) is 10.8 Å². The molecule has 5 heteroatoms. The van der Waals surface area contributed by atoms with Crippen molar-refractivity contribution in [3.05, 3.63) is 12.0 Å². The molecule has 2 aliphatic heterocycles. The Morgan fingerprint density at radius 3 is 3.30 bits per heavy atom. The molecule has 0 aromatic heterocycles. The fraction of sp³-hybridized carbons (Fsp3) is 0.200. The molecule has 0 spiro atoms. The molecule has 0 saturated heterocycles. The maximum Gasteiger partial charge on any atom is 0.311 e. The Morgan fingerprint density at radius 2 is 2.60 bits per heavy atom. The van der Waals surface area contributed by atoms with Gasteiger partial charge in [-0.05, 0) is 6.08 Å². The van der Waals surface area contributed by atoms with E-state index in [0.717, 1.165) is 5.01 Å². The van der Waals surface area contributed by atoms with Crippen LogP contribution in [0.1, 0.15) is 6.42 Å². The minimum Gasteiger partial charge on any atom is -0.406 e. The van der Waals surface area contributed by atoms with Crippen LogP contribution in [0, 0.1) is 0 Å². The molecule has 1 amide bonds. The molecule has 0 unspecified atom stereocenters. The lowest BCUT2D eigenvalue weighted by Crippen LogP contribution is -2.15. The number of carbonyl (C=O) groups is 1. The number of ether oxygens (including phenoxy) is 1. The third-order valence-corrected chi connectivity index (χ3v) is 1.30. The highest BCUT2D eigenvalue weighted by Crippen LogP contribution is 2.21. The van der Waals surface area contributed by atoms with Gasteiger partial charge in [0.15, 0.2) is 0 Å². The standard InChI is InChI=1S/C5H5N3O2/c6-5-7-8-3(9)1-2-4(8)10-5/h2H,1H2,(H2,6,7). The molecule has 0 atom stereocenters. The van der Waals surface area contributed by atoms with Crippen LogP contribution in [0.5, 0.6) is 0 Å². The van der Waals surface area contributed by atoms with E-state index >= 15 is 0 Å². The van der Waals surface area contributed by atoms with Crippen LogP contribution >= 0.6 is 0 Å². The molecule has 2 rings (SSSR count). The second-order valence-corrected chi connectivity index (χ2v) is 1.99. The van der Waals surface area contributed by atoms with Gasteiger partial charge in [0, 0.05) is 0 Å². The topological polar surface area (TPSA) is 67.9 Å². The van der Waals surface area contributed by atoms with Gasteiger partial charge in [0.2, 0.25) is 5.88 Å². The number of hydrogen-bond donors (Lipinski definition) is 1. The van der Waals surface area contributed by atoms with Gasteiger partial charge in [-0.1, -0.05) is 0 Å². The summed E-state index contributed by atoms with van der Waals surface area (Å²) in [6.45, 7) is 0. The normalized spacial score (nSPS) is 22.0. The summed E-state index contributed by atoms with van der Waals surface area (Å²) < 4.78 is 4.85. The first-order valence-corrected chi connectivity index (χ1v) is 2.82. The highest BCUT2D eigenvalue weighted by Gasteiger charge is 2.30. The summed E-state index contributed by atoms with van der Waals surface area (Å²) in [6.07, 6.45) is 2.00. The number of rotatable bonds is 0. The molecular weight excluding hydrogens is 134 g/mol. The van der Waals surface area contributed by atoms with Gasteiger partial charge in [-0.25, -0.2) is 0 Å². The van der Waals surface area contributed by atoms with Crippen LogP contribution < -0.4 is 5.73 Å². The average Bonchev–Trinajstić information content (AvgIpc) is 2.35. The molecule has 0 aromatic carbocycles. The SMILES string of the molecule is NC1=NN2C(=O)CC=C2O1. The molecule has 0 aliphatic carbocycles. The van der Waals surface area contributed by atoms with Crippen LogP contribution in [-0.4, -0.2) is 16.9 Å². The molecular formula is C5H5N3O2. The monoisotopic (exact) mass is 139 g/mol. The lowest BCUT2D eigenvalue weighted by atomic mass is 10.5. The molecule has 0 fully saturated rings. The Labute approximate surface area is 56.7 Å². The summed E-state index contributed by atoms with van der Waals surface area (Å²) in [5.74, 6) is 0.331. The largest absolute Gasteiger partial charge is 0.406 e. The van der Waals surface area contributed by atoms with Crippen molar-refractivity contribution in [3.63, 3.8) is 0 Å². The van der Waals surface area contributed by atoms with Gasteiger partial charge < -0.3 is 10.5 Å². The van der Waals surface area contributed by atoms with Crippen molar-refractivity contribution < 1.29 is 9.53 Å². The molecule has 0 aromatic rings. The summed E-state index contributed by atoms with van der Waals surface area (Å²) in [7, 11) is 0. The predicted octanol–water partition coefficient (Wildman–Crippen LogP) is -0.680. The van der Waals surface area contributed by atoms with Gasteiger partial charge in [-0.3, -0.25) is 4.79 Å². The van der Waals surface area contributed by atoms with E-state index in [1.54, 1.807) is 6.08 Å². The van der Waals surface area contributed by atoms with E-state index in [1.807, 2.05) is 0 Å². The fourth-order valence-electron chi connectivity index (χ4n) is 0.887. The second kappa shape index (κ2) is 1.50. The Bertz CT molecular complexity index is 256. The number of hydrazone groups is 1. The number of hydrogen-bond acceptors (Lipinski definition) is 4. The van der Waals surface area contributed by atoms with Crippen molar-refractivity contribution in [3.8, 4) is 0 Å². The van der Waals surface area contributed by atoms with Crippen molar-refractivity contribution in [2.75, 3.05) is 0 Å². The summed E-state index contributed by atoms with van der Waals surface area (Å²) in [5.41, 5.74) is 5.18. The van der Waals surface area contributed by atoms with Crippen LogP contribution in [0.2, 0.25) is 0 Å². The quantitative estimate of drug-likeness (QED) is 0.483. The van der Waals surface area contributed by atoms with Crippen LogP contribution in [0.4, 0.5) is 0 Å². The zero-order valence-electron chi connectivity index (χ0n) is 5.07. The van der Waals surface area contributed by atoms with Gasteiger partial charge in [0.25, 0.3) is 5.91 Å². The van der Waals surface area contributed by atoms with Crippen LogP contribution in [0.15, 0.2) is 17.1 Å². The van der Waals surface area contributed by atoms with Crippen molar-refractivity contribution >= 4 is 11.9 Å². The zero-order valence-corrected chi connectivity index (χ0v) is 5.07. The second-order valence-electron chi connectivity index (χ2n) is 1.99. The molecule has 2 aliphatic rings. The summed E-state index contributed by atoms with van der Waals surface area (Å²) in [4.78, 5) is 10.8. The van der Waals surface area contributed by atoms with Crippen molar-refractivity contribution in [1.82, 2.24) is 5.01 Å². The number of nitrogens with two attached hydrogens (primary N) is 1. The molecule has 0 bridgehead atoms. The van der Waals surface area contributed by atoms with E-state index < -0.39 is 0 Å². The zero-order chi connectivity index (χ0) is 7.14. The first-order valence-electron chi connectivity index (χ1n) is 2.82. The molecule has 5 nitrogen and oxygen atoms in total. The van der Waals surface area contributed by atoms with E-state index in [4.69, 9.17) is 10.5 Å². The predicted molar refractivity (Wildman–Crippen MR) is 32.3 cm³/mol. The summed E-state index contributed by atoms with van der Waals surface area (Å²) in [5, 5.41) is 4.78. The minimum absolute atomic E-state index is 0.0271. The number of amides is 1. The summed E-state index contributed by atoms with van der Waals surface area (Å²) in [6, 6.07) is 0.0271. The van der Waals surface area contributed by atoms with E-state index in [-0.39, 0.29) is 11.9 Å². The van der Waals surface area contributed by atoms with E-state index in [9.17, 15) is 4.79 Å². The maximum absolute atomic E-state index is 10.8. The lowest BCUT2D eigenvalue weighted by molar-refractivity contribution is -0.127. The number of amidine groups is 1. The molecule has 0 saturated carbocycles. The minimum atomic E-state index is -0.101. The van der Waals surface area contributed by atoms with E-state index in [0.29, 0.717) is 12.3 Å². The Balaban J connectivity index is 2.34. The number of carbonyl (C=O) groups excluding carboxylic acids is 1. The lowest BCUT2D eigenvalue weighted by Gasteiger charge is -2.00. The highest BCUT2D eigenvalue weighted by atomic mass is 16.5. The van der Waals surface area contributed by atoms with Gasteiger partial charge in [0.05, 0.1) is 6.42 Å². The fourth-order valence-corrected chi connectivity index (χ4v) is 0.887. The molecule has 52 valence electrons. The number of nitrogens with zero attached hydrogens (tertiary/aromatic N) is 2.